The van der Waals surface area contributed by atoms with E-state index in [1.54, 1.807) is 6.92 Å². The van der Waals surface area contributed by atoms with Crippen molar-refractivity contribution in [3.8, 4) is 11.1 Å². The standard InChI is InChI=1S/C20H28N4O/c1-6-15(3)24(5)20-21-12-19(13-22-20)18-9-7-17(8-10-18)11-14(2)23-16(4)25/h7-10,12-15H,6,11H2,1-5H3,(H,23,25). The van der Waals surface area contributed by atoms with Crippen molar-refractivity contribution in [3.63, 3.8) is 0 Å². The van der Waals surface area contributed by atoms with Crippen LogP contribution in [0.1, 0.15) is 39.7 Å². The highest BCUT2D eigenvalue weighted by Gasteiger charge is 2.11. The molecule has 25 heavy (non-hydrogen) atoms. The van der Waals surface area contributed by atoms with E-state index in [-0.39, 0.29) is 11.9 Å². The second kappa shape index (κ2) is 8.60. The number of nitrogens with zero attached hydrogens (tertiary/aromatic N) is 3. The predicted molar refractivity (Wildman–Crippen MR) is 103 cm³/mol. The van der Waals surface area contributed by atoms with E-state index in [4.69, 9.17) is 0 Å². The van der Waals surface area contributed by atoms with Crippen molar-refractivity contribution in [2.24, 2.45) is 0 Å². The molecule has 0 fully saturated rings. The lowest BCUT2D eigenvalue weighted by atomic mass is 10.0. The number of rotatable bonds is 7. The summed E-state index contributed by atoms with van der Waals surface area (Å²) in [7, 11) is 2.02. The van der Waals surface area contributed by atoms with Crippen molar-refractivity contribution in [3.05, 3.63) is 42.2 Å². The van der Waals surface area contributed by atoms with Gasteiger partial charge in [-0.05, 0) is 37.8 Å². The maximum atomic E-state index is 11.1. The van der Waals surface area contributed by atoms with Gasteiger partial charge in [0.05, 0.1) is 0 Å². The zero-order valence-electron chi connectivity index (χ0n) is 15.8. The summed E-state index contributed by atoms with van der Waals surface area (Å²) in [6.45, 7) is 7.87. The summed E-state index contributed by atoms with van der Waals surface area (Å²) in [5.41, 5.74) is 3.29. The van der Waals surface area contributed by atoms with Crippen LogP contribution in [0, 0.1) is 0 Å². The van der Waals surface area contributed by atoms with Crippen molar-refractivity contribution in [2.75, 3.05) is 11.9 Å². The lowest BCUT2D eigenvalue weighted by Crippen LogP contribution is -2.31. The van der Waals surface area contributed by atoms with Gasteiger partial charge < -0.3 is 10.2 Å². The smallest absolute Gasteiger partial charge is 0.225 e. The molecular formula is C20H28N4O. The average Bonchev–Trinajstić information content (AvgIpc) is 2.60. The first-order chi connectivity index (χ1) is 11.9. The van der Waals surface area contributed by atoms with Crippen LogP contribution < -0.4 is 10.2 Å². The monoisotopic (exact) mass is 340 g/mol. The first kappa shape index (κ1) is 18.9. The first-order valence-corrected chi connectivity index (χ1v) is 8.82. The van der Waals surface area contributed by atoms with Gasteiger partial charge >= 0.3 is 0 Å². The molecule has 0 bridgehead atoms. The minimum absolute atomic E-state index is 0.00344. The van der Waals surface area contributed by atoms with Crippen molar-refractivity contribution >= 4 is 11.9 Å². The molecule has 134 valence electrons. The summed E-state index contributed by atoms with van der Waals surface area (Å²) in [5.74, 6) is 0.752. The Kier molecular flexibility index (Phi) is 6.51. The zero-order valence-corrected chi connectivity index (χ0v) is 15.8. The molecule has 1 aromatic heterocycles. The van der Waals surface area contributed by atoms with Gasteiger partial charge in [-0.25, -0.2) is 9.97 Å². The number of anilines is 1. The van der Waals surface area contributed by atoms with Crippen LogP contribution in [0.4, 0.5) is 5.95 Å². The van der Waals surface area contributed by atoms with E-state index in [1.165, 1.54) is 5.56 Å². The SMILES string of the molecule is CCC(C)N(C)c1ncc(-c2ccc(CC(C)NC(C)=O)cc2)cn1. The van der Waals surface area contributed by atoms with Gasteiger partial charge in [0, 0.05) is 44.0 Å². The molecule has 2 unspecified atom stereocenters. The van der Waals surface area contributed by atoms with E-state index in [0.29, 0.717) is 6.04 Å². The third-order valence-electron chi connectivity index (χ3n) is 4.48. The van der Waals surface area contributed by atoms with Gasteiger partial charge in [0.15, 0.2) is 0 Å². The molecule has 0 aliphatic rings. The van der Waals surface area contributed by atoms with Gasteiger partial charge in [-0.15, -0.1) is 0 Å². The second-order valence-corrected chi connectivity index (χ2v) is 6.64. The fraction of sp³-hybridized carbons (Fsp3) is 0.450. The van der Waals surface area contributed by atoms with Crippen LogP contribution in [0.5, 0.6) is 0 Å². The fourth-order valence-corrected chi connectivity index (χ4v) is 2.71. The quantitative estimate of drug-likeness (QED) is 0.839. The molecule has 5 nitrogen and oxygen atoms in total. The number of hydrogen-bond donors (Lipinski definition) is 1. The van der Waals surface area contributed by atoms with Gasteiger partial charge in [0.1, 0.15) is 0 Å². The number of nitrogens with one attached hydrogen (secondary N) is 1. The van der Waals surface area contributed by atoms with Gasteiger partial charge in [-0.3, -0.25) is 4.79 Å². The molecule has 0 saturated heterocycles. The van der Waals surface area contributed by atoms with E-state index in [1.807, 2.05) is 26.4 Å². The number of carbonyl (C=O) groups is 1. The summed E-state index contributed by atoms with van der Waals surface area (Å²) < 4.78 is 0. The Morgan fingerprint density at radius 2 is 1.72 bits per heavy atom. The van der Waals surface area contributed by atoms with Gasteiger partial charge in [-0.2, -0.15) is 0 Å². The van der Waals surface area contributed by atoms with E-state index < -0.39 is 0 Å². The topological polar surface area (TPSA) is 58.1 Å². The minimum Gasteiger partial charge on any atom is -0.354 e. The molecule has 0 saturated carbocycles. The van der Waals surface area contributed by atoms with Crippen LogP contribution in [-0.2, 0) is 11.2 Å². The summed E-state index contributed by atoms with van der Waals surface area (Å²) in [4.78, 5) is 22.2. The highest BCUT2D eigenvalue weighted by Crippen LogP contribution is 2.20. The number of carbonyl (C=O) groups excluding carboxylic acids is 1. The van der Waals surface area contributed by atoms with Crippen LogP contribution in [0.25, 0.3) is 11.1 Å². The number of aromatic nitrogens is 2. The van der Waals surface area contributed by atoms with Crippen molar-refractivity contribution < 1.29 is 4.79 Å². The molecule has 2 atom stereocenters. The molecule has 0 spiro atoms. The number of benzene rings is 1. The largest absolute Gasteiger partial charge is 0.354 e. The molecule has 0 aliphatic heterocycles. The third kappa shape index (κ3) is 5.28. The third-order valence-corrected chi connectivity index (χ3v) is 4.48. The van der Waals surface area contributed by atoms with Crippen molar-refractivity contribution in [2.45, 2.75) is 52.6 Å². The van der Waals surface area contributed by atoms with Crippen LogP contribution >= 0.6 is 0 Å². The Bertz CT molecular complexity index is 682. The lowest BCUT2D eigenvalue weighted by Gasteiger charge is -2.23. The Hall–Kier alpha value is -2.43. The Balaban J connectivity index is 2.05. The Morgan fingerprint density at radius 1 is 1.12 bits per heavy atom. The molecule has 1 heterocycles. The van der Waals surface area contributed by atoms with E-state index in [9.17, 15) is 4.79 Å². The predicted octanol–water partition coefficient (Wildman–Crippen LogP) is 3.45. The highest BCUT2D eigenvalue weighted by atomic mass is 16.1. The van der Waals surface area contributed by atoms with Gasteiger partial charge in [0.2, 0.25) is 11.9 Å². The van der Waals surface area contributed by atoms with Gasteiger partial charge in [-0.1, -0.05) is 31.2 Å². The molecule has 1 N–H and O–H groups in total. The summed E-state index contributed by atoms with van der Waals surface area (Å²) in [5, 5.41) is 2.90. The van der Waals surface area contributed by atoms with Crippen molar-refractivity contribution in [1.29, 1.82) is 0 Å². The molecule has 1 amide bonds. The molecule has 5 heteroatoms. The molecule has 1 aromatic carbocycles. The van der Waals surface area contributed by atoms with Crippen LogP contribution in [-0.4, -0.2) is 35.0 Å². The second-order valence-electron chi connectivity index (χ2n) is 6.64. The molecule has 2 rings (SSSR count). The van der Waals surface area contributed by atoms with Crippen LogP contribution in [0.3, 0.4) is 0 Å². The summed E-state index contributed by atoms with van der Waals surface area (Å²) in [6.07, 6.45) is 5.61. The molecular weight excluding hydrogens is 312 g/mol. The Morgan fingerprint density at radius 3 is 2.24 bits per heavy atom. The van der Waals surface area contributed by atoms with Crippen LogP contribution in [0.2, 0.25) is 0 Å². The van der Waals surface area contributed by atoms with E-state index >= 15 is 0 Å². The first-order valence-electron chi connectivity index (χ1n) is 8.82. The zero-order chi connectivity index (χ0) is 18.4. The highest BCUT2D eigenvalue weighted by molar-refractivity contribution is 5.73. The minimum atomic E-state index is 0.00344. The van der Waals surface area contributed by atoms with Crippen molar-refractivity contribution in [1.82, 2.24) is 15.3 Å². The summed E-state index contributed by atoms with van der Waals surface area (Å²) in [6, 6.07) is 8.87. The normalized spacial score (nSPS) is 13.2. The number of hydrogen-bond acceptors (Lipinski definition) is 4. The number of amides is 1. The average molecular weight is 340 g/mol. The van der Waals surface area contributed by atoms with E-state index in [0.717, 1.165) is 29.9 Å². The molecule has 0 aliphatic carbocycles. The maximum absolute atomic E-state index is 11.1. The van der Waals surface area contributed by atoms with E-state index in [2.05, 4.69) is 58.3 Å². The fourth-order valence-electron chi connectivity index (χ4n) is 2.71. The Labute approximate surface area is 150 Å². The molecule has 0 radical (unpaired) electrons. The van der Waals surface area contributed by atoms with Crippen LogP contribution in [0.15, 0.2) is 36.7 Å². The lowest BCUT2D eigenvalue weighted by molar-refractivity contribution is -0.119. The maximum Gasteiger partial charge on any atom is 0.225 e. The summed E-state index contributed by atoms with van der Waals surface area (Å²) >= 11 is 0. The molecule has 2 aromatic rings. The van der Waals surface area contributed by atoms with Gasteiger partial charge in [0.25, 0.3) is 0 Å².